The van der Waals surface area contributed by atoms with Crippen LogP contribution in [0, 0.1) is 5.82 Å². The smallest absolute Gasteiger partial charge is 0.165 e. The molecule has 0 aliphatic carbocycles. The van der Waals surface area contributed by atoms with Crippen LogP contribution in [0.15, 0.2) is 18.2 Å². The van der Waals surface area contributed by atoms with Crippen LogP contribution in [-0.2, 0) is 4.79 Å². The minimum absolute atomic E-state index is 0.00257. The summed E-state index contributed by atoms with van der Waals surface area (Å²) in [6.45, 7) is 4.48. The number of rotatable bonds is 10. The van der Waals surface area contributed by atoms with Gasteiger partial charge in [-0.2, -0.15) is 0 Å². The van der Waals surface area contributed by atoms with E-state index in [-0.39, 0.29) is 11.3 Å². The Balaban J connectivity index is 0.000000612. The third-order valence-corrected chi connectivity index (χ3v) is 4.80. The highest BCUT2D eigenvalue weighted by Gasteiger charge is 2.20. The summed E-state index contributed by atoms with van der Waals surface area (Å²) in [6, 6.07) is 4.46. The van der Waals surface area contributed by atoms with Gasteiger partial charge in [0, 0.05) is 37.7 Å². The van der Waals surface area contributed by atoms with E-state index in [0.717, 1.165) is 45.1 Å². The molecule has 1 aliphatic heterocycles. The summed E-state index contributed by atoms with van der Waals surface area (Å²) in [5.41, 5.74) is 5.43. The molecule has 1 heterocycles. The number of likely N-dealkylation sites (N-methyl/N-ethyl adjacent to an activating group) is 1. The quantitative estimate of drug-likeness (QED) is 0.560. The van der Waals surface area contributed by atoms with E-state index in [4.69, 9.17) is 10.5 Å². The zero-order valence-electron chi connectivity index (χ0n) is 17.8. The fourth-order valence-electron chi connectivity index (χ4n) is 3.02. The Kier molecular flexibility index (Phi) is 12.3. The van der Waals surface area contributed by atoms with Crippen molar-refractivity contribution in [3.05, 3.63) is 29.6 Å². The lowest BCUT2D eigenvalue weighted by molar-refractivity contribution is -0.114. The number of ether oxygens (including phenoxy) is 1. The first-order chi connectivity index (χ1) is 13.9. The zero-order valence-corrected chi connectivity index (χ0v) is 17.8. The minimum Gasteiger partial charge on any atom is -0.480 e. The number of carbonyl (C=O) groups is 2. The van der Waals surface area contributed by atoms with E-state index >= 15 is 0 Å². The molecule has 29 heavy (non-hydrogen) atoms. The molecule has 1 saturated heterocycles. The van der Waals surface area contributed by atoms with E-state index in [1.807, 2.05) is 21.1 Å². The van der Waals surface area contributed by atoms with E-state index in [1.165, 1.54) is 12.1 Å². The van der Waals surface area contributed by atoms with Crippen molar-refractivity contribution >= 4 is 12.6 Å². The molecule has 0 radical (unpaired) electrons. The summed E-state index contributed by atoms with van der Waals surface area (Å²) < 4.78 is 19.2. The SMILES string of the molecule is CN(C)CCN.CN(CCC(C=O)Oc1ccc(C=O)cc1F)C1CCNCC1. The van der Waals surface area contributed by atoms with Crippen molar-refractivity contribution in [2.75, 3.05) is 53.9 Å². The van der Waals surface area contributed by atoms with E-state index in [1.54, 1.807) is 0 Å². The number of hydrogen-bond acceptors (Lipinski definition) is 7. The summed E-state index contributed by atoms with van der Waals surface area (Å²) in [4.78, 5) is 26.1. The van der Waals surface area contributed by atoms with Gasteiger partial charge in [-0.15, -0.1) is 0 Å². The van der Waals surface area contributed by atoms with Gasteiger partial charge in [-0.25, -0.2) is 4.39 Å². The van der Waals surface area contributed by atoms with Crippen LogP contribution >= 0.6 is 0 Å². The highest BCUT2D eigenvalue weighted by molar-refractivity contribution is 5.75. The number of piperidine rings is 1. The van der Waals surface area contributed by atoms with Gasteiger partial charge in [0.2, 0.25) is 0 Å². The van der Waals surface area contributed by atoms with Crippen molar-refractivity contribution in [2.45, 2.75) is 31.4 Å². The number of nitrogens with two attached hydrogens (primary N) is 1. The van der Waals surface area contributed by atoms with E-state index < -0.39 is 11.9 Å². The van der Waals surface area contributed by atoms with Gasteiger partial charge in [0.05, 0.1) is 0 Å². The number of nitrogens with zero attached hydrogens (tertiary/aromatic N) is 2. The van der Waals surface area contributed by atoms with Crippen molar-refractivity contribution in [1.82, 2.24) is 15.1 Å². The van der Waals surface area contributed by atoms with Crippen molar-refractivity contribution in [2.24, 2.45) is 5.73 Å². The lowest BCUT2D eigenvalue weighted by Crippen LogP contribution is -2.42. The van der Waals surface area contributed by atoms with Crippen LogP contribution in [0.5, 0.6) is 5.75 Å². The summed E-state index contributed by atoms with van der Waals surface area (Å²) >= 11 is 0. The third-order valence-electron chi connectivity index (χ3n) is 4.80. The molecule has 0 bridgehead atoms. The van der Waals surface area contributed by atoms with Gasteiger partial charge in [0.15, 0.2) is 24.0 Å². The van der Waals surface area contributed by atoms with Crippen molar-refractivity contribution < 1.29 is 18.7 Å². The molecule has 0 amide bonds. The van der Waals surface area contributed by atoms with Gasteiger partial charge in [-0.1, -0.05) is 0 Å². The number of halogens is 1. The highest BCUT2D eigenvalue weighted by Crippen LogP contribution is 2.20. The Morgan fingerprint density at radius 2 is 1.93 bits per heavy atom. The molecule has 1 fully saturated rings. The molecule has 8 heteroatoms. The predicted molar refractivity (Wildman–Crippen MR) is 113 cm³/mol. The molecule has 2 rings (SSSR count). The Hall–Kier alpha value is -1.87. The van der Waals surface area contributed by atoms with E-state index in [0.29, 0.717) is 31.6 Å². The van der Waals surface area contributed by atoms with Gasteiger partial charge in [0.1, 0.15) is 6.29 Å². The minimum atomic E-state index is -0.698. The second-order valence-corrected chi connectivity index (χ2v) is 7.44. The first-order valence-electron chi connectivity index (χ1n) is 10.0. The molecule has 1 aromatic carbocycles. The average Bonchev–Trinajstić information content (AvgIpc) is 2.72. The molecule has 164 valence electrons. The maximum Gasteiger partial charge on any atom is 0.165 e. The Morgan fingerprint density at radius 3 is 2.41 bits per heavy atom. The van der Waals surface area contributed by atoms with Crippen molar-refractivity contribution in [1.29, 1.82) is 0 Å². The van der Waals surface area contributed by atoms with E-state index in [9.17, 15) is 14.0 Å². The first-order valence-corrected chi connectivity index (χ1v) is 10.0. The van der Waals surface area contributed by atoms with Crippen LogP contribution < -0.4 is 15.8 Å². The maximum atomic E-state index is 13.8. The topological polar surface area (TPSA) is 87.9 Å². The monoisotopic (exact) mass is 410 g/mol. The maximum absolute atomic E-state index is 13.8. The molecule has 0 aromatic heterocycles. The van der Waals surface area contributed by atoms with Crippen molar-refractivity contribution in [3.63, 3.8) is 0 Å². The molecule has 0 saturated carbocycles. The number of hydrogen-bond donors (Lipinski definition) is 2. The molecular weight excluding hydrogens is 375 g/mol. The summed E-state index contributed by atoms with van der Waals surface area (Å²) in [6.07, 6.45) is 3.24. The van der Waals surface area contributed by atoms with Gasteiger partial charge in [0.25, 0.3) is 0 Å². The summed E-state index contributed by atoms with van der Waals surface area (Å²) in [7, 11) is 6.05. The Bertz CT molecular complexity index is 610. The summed E-state index contributed by atoms with van der Waals surface area (Å²) in [5, 5.41) is 3.32. The number of aldehydes is 2. The largest absolute Gasteiger partial charge is 0.480 e. The van der Waals surface area contributed by atoms with Crippen LogP contribution in [0.4, 0.5) is 4.39 Å². The van der Waals surface area contributed by atoms with Crippen molar-refractivity contribution in [3.8, 4) is 5.75 Å². The predicted octanol–water partition coefficient (Wildman–Crippen LogP) is 1.17. The second-order valence-electron chi connectivity index (χ2n) is 7.44. The van der Waals surface area contributed by atoms with Crippen LogP contribution in [0.25, 0.3) is 0 Å². The van der Waals surface area contributed by atoms with Crippen LogP contribution in [0.2, 0.25) is 0 Å². The normalized spacial score (nSPS) is 15.6. The molecule has 7 nitrogen and oxygen atoms in total. The third kappa shape index (κ3) is 9.94. The van der Waals surface area contributed by atoms with E-state index in [2.05, 4.69) is 15.1 Å². The Labute approximate surface area is 173 Å². The van der Waals surface area contributed by atoms with Gasteiger partial charge in [-0.3, -0.25) is 9.59 Å². The second kappa shape index (κ2) is 14.2. The van der Waals surface area contributed by atoms with Gasteiger partial charge < -0.3 is 25.6 Å². The molecule has 1 aliphatic rings. The lowest BCUT2D eigenvalue weighted by atomic mass is 10.0. The van der Waals surface area contributed by atoms with Gasteiger partial charge >= 0.3 is 0 Å². The lowest BCUT2D eigenvalue weighted by Gasteiger charge is -2.32. The number of benzene rings is 1. The highest BCUT2D eigenvalue weighted by atomic mass is 19.1. The Morgan fingerprint density at radius 1 is 1.24 bits per heavy atom. The first kappa shape index (κ1) is 25.2. The zero-order chi connectivity index (χ0) is 21.6. The number of carbonyl (C=O) groups excluding carboxylic acids is 2. The fraction of sp³-hybridized carbons (Fsp3) is 0.619. The number of nitrogens with one attached hydrogen (secondary N) is 1. The molecule has 3 N–H and O–H groups in total. The summed E-state index contributed by atoms with van der Waals surface area (Å²) in [5.74, 6) is -0.634. The van der Waals surface area contributed by atoms with Gasteiger partial charge in [-0.05, 0) is 65.3 Å². The van der Waals surface area contributed by atoms with Crippen LogP contribution in [0.3, 0.4) is 0 Å². The van der Waals surface area contributed by atoms with Crippen LogP contribution in [-0.4, -0.2) is 88.4 Å². The molecule has 1 aromatic rings. The molecule has 1 unspecified atom stereocenters. The molecular formula is C21H35FN4O3. The standard InChI is InChI=1S/C17H23FN2O3.C4H12N2/c1-20(14-4-7-19-8-5-14)9-6-15(12-22)23-17-3-2-13(11-21)10-16(17)18;1-6(2)4-3-5/h2-3,10-12,14-15,19H,4-9H2,1H3;3-5H2,1-2H3. The average molecular weight is 411 g/mol. The molecule has 0 spiro atoms. The fourth-order valence-corrected chi connectivity index (χ4v) is 3.02. The molecule has 1 atom stereocenters. The van der Waals surface area contributed by atoms with Crippen LogP contribution in [0.1, 0.15) is 29.6 Å².